The summed E-state index contributed by atoms with van der Waals surface area (Å²) in [5.41, 5.74) is 5.54. The summed E-state index contributed by atoms with van der Waals surface area (Å²) in [5, 5.41) is 0. The van der Waals surface area contributed by atoms with Gasteiger partial charge >= 0.3 is 0 Å². The highest BCUT2D eigenvalue weighted by Crippen LogP contribution is 2.40. The van der Waals surface area contributed by atoms with E-state index in [0.29, 0.717) is 23.7 Å². The van der Waals surface area contributed by atoms with Gasteiger partial charge in [-0.15, -0.1) is 0 Å². The number of hydrogen-bond donors (Lipinski definition) is 0. The minimum absolute atomic E-state index is 0.151. The van der Waals surface area contributed by atoms with Crippen LogP contribution in [0.4, 0.5) is 0 Å². The van der Waals surface area contributed by atoms with E-state index in [1.54, 1.807) is 6.08 Å². The third-order valence-corrected chi connectivity index (χ3v) is 7.48. The monoisotopic (exact) mass is 498 g/mol. The van der Waals surface area contributed by atoms with Crippen molar-refractivity contribution in [1.29, 1.82) is 0 Å². The molecule has 0 saturated carbocycles. The Labute approximate surface area is 214 Å². The van der Waals surface area contributed by atoms with Gasteiger partial charge in [0.15, 0.2) is 6.29 Å². The molecule has 192 valence electrons. The maximum Gasteiger partial charge on any atom is 0.218 e. The van der Waals surface area contributed by atoms with Crippen molar-refractivity contribution in [3.8, 4) is 0 Å². The van der Waals surface area contributed by atoms with Crippen molar-refractivity contribution in [2.45, 2.75) is 79.9 Å². The highest BCUT2D eigenvalue weighted by molar-refractivity contribution is 7.73. The molecule has 0 N–H and O–H groups in total. The molecule has 2 rings (SSSR count). The van der Waals surface area contributed by atoms with Gasteiger partial charge in [0.1, 0.15) is 0 Å². The molecule has 4 nitrogen and oxygen atoms in total. The maximum absolute atomic E-state index is 12.6. The average Bonchev–Trinajstić information content (AvgIpc) is 2.78. The molecule has 0 spiro atoms. The van der Waals surface area contributed by atoms with Crippen molar-refractivity contribution in [2.75, 3.05) is 13.2 Å². The first kappa shape index (κ1) is 29.0. The standard InChI is InChI=1S/C30H42O4S/c1-8-33-28(34-9-2)21-24(5)29(35(31)32)26(25-15-11-10-12-16-25)20-22(3)17-18-27-23(4)14-13-19-30(27,6)7/h10-12,15-18,20-21,26,28H,8-9,13-14,19H2,1-7H3. The molecule has 0 amide bonds. The molecule has 0 saturated heterocycles. The first-order valence-electron chi connectivity index (χ1n) is 12.6. The van der Waals surface area contributed by atoms with Crippen LogP contribution in [0.2, 0.25) is 0 Å². The lowest BCUT2D eigenvalue weighted by Crippen LogP contribution is -2.19. The Balaban J connectivity index is 2.54. The Kier molecular flexibility index (Phi) is 11.4. The number of hydrogen-bond acceptors (Lipinski definition) is 4. The largest absolute Gasteiger partial charge is 0.349 e. The summed E-state index contributed by atoms with van der Waals surface area (Å²) in [4.78, 5) is 0.321. The van der Waals surface area contributed by atoms with E-state index >= 15 is 0 Å². The summed E-state index contributed by atoms with van der Waals surface area (Å²) in [7, 11) is -2.42. The lowest BCUT2D eigenvalue weighted by Gasteiger charge is -2.33. The third-order valence-electron chi connectivity index (χ3n) is 6.54. The quantitative estimate of drug-likeness (QED) is 0.140. The molecule has 35 heavy (non-hydrogen) atoms. The summed E-state index contributed by atoms with van der Waals surface area (Å²) >= 11 is 0. The van der Waals surface area contributed by atoms with Gasteiger partial charge in [0.25, 0.3) is 0 Å². The Morgan fingerprint density at radius 3 is 2.23 bits per heavy atom. The van der Waals surface area contributed by atoms with Gasteiger partial charge < -0.3 is 9.47 Å². The molecule has 0 bridgehead atoms. The summed E-state index contributed by atoms with van der Waals surface area (Å²) in [6.45, 7) is 15.4. The third kappa shape index (κ3) is 8.45. The van der Waals surface area contributed by atoms with E-state index in [1.165, 1.54) is 24.0 Å². The summed E-state index contributed by atoms with van der Waals surface area (Å²) in [5.74, 6) is -0.422. The van der Waals surface area contributed by atoms with Crippen molar-refractivity contribution < 1.29 is 17.9 Å². The van der Waals surface area contributed by atoms with E-state index in [9.17, 15) is 8.42 Å². The Morgan fingerprint density at radius 1 is 1.06 bits per heavy atom. The molecular formula is C30H42O4S. The molecule has 5 heteroatoms. The zero-order valence-electron chi connectivity index (χ0n) is 22.4. The number of benzene rings is 1. The molecule has 1 aromatic rings. The molecule has 0 heterocycles. The molecule has 1 aliphatic rings. The maximum atomic E-state index is 12.6. The van der Waals surface area contributed by atoms with Crippen LogP contribution in [0.5, 0.6) is 0 Å². The molecule has 1 atom stereocenters. The van der Waals surface area contributed by atoms with Crippen LogP contribution in [0.3, 0.4) is 0 Å². The van der Waals surface area contributed by atoms with Crippen LogP contribution in [-0.4, -0.2) is 32.8 Å². The molecule has 0 radical (unpaired) electrons. The van der Waals surface area contributed by atoms with Crippen molar-refractivity contribution in [3.63, 3.8) is 0 Å². The van der Waals surface area contributed by atoms with Crippen molar-refractivity contribution in [1.82, 2.24) is 0 Å². The highest BCUT2D eigenvalue weighted by atomic mass is 32.2. The summed E-state index contributed by atoms with van der Waals surface area (Å²) in [6.07, 6.45) is 11.1. The van der Waals surface area contributed by atoms with Gasteiger partial charge in [-0.2, -0.15) is 8.42 Å². The Bertz CT molecular complexity index is 1090. The lowest BCUT2D eigenvalue weighted by molar-refractivity contribution is -0.104. The van der Waals surface area contributed by atoms with Crippen LogP contribution in [-0.2, 0) is 19.8 Å². The van der Waals surface area contributed by atoms with E-state index < -0.39 is 22.5 Å². The first-order valence-corrected chi connectivity index (χ1v) is 13.7. The van der Waals surface area contributed by atoms with Gasteiger partial charge in [0.2, 0.25) is 10.3 Å². The van der Waals surface area contributed by atoms with E-state index in [-0.39, 0.29) is 5.41 Å². The number of ether oxygens (including phenoxy) is 2. The zero-order chi connectivity index (χ0) is 26.0. The van der Waals surface area contributed by atoms with Crippen LogP contribution in [0.25, 0.3) is 0 Å². The van der Waals surface area contributed by atoms with Gasteiger partial charge in [-0.3, -0.25) is 0 Å². The molecule has 0 fully saturated rings. The van der Waals surface area contributed by atoms with E-state index in [0.717, 1.165) is 17.6 Å². The summed E-state index contributed by atoms with van der Waals surface area (Å²) in [6, 6.07) is 9.76. The Hall–Kier alpha value is -2.21. The molecular weight excluding hydrogens is 456 g/mol. The van der Waals surface area contributed by atoms with Gasteiger partial charge in [0, 0.05) is 19.1 Å². The van der Waals surface area contributed by atoms with Crippen molar-refractivity contribution >= 4 is 15.2 Å². The minimum Gasteiger partial charge on any atom is -0.349 e. The topological polar surface area (TPSA) is 52.6 Å². The predicted octanol–water partition coefficient (Wildman–Crippen LogP) is 7.20. The Morgan fingerprint density at radius 2 is 1.69 bits per heavy atom. The second-order valence-electron chi connectivity index (χ2n) is 9.79. The zero-order valence-corrected chi connectivity index (χ0v) is 23.2. The number of rotatable bonds is 11. The first-order chi connectivity index (χ1) is 16.6. The van der Waals surface area contributed by atoms with Crippen molar-refractivity contribution in [3.05, 3.63) is 82.5 Å². The molecule has 1 unspecified atom stereocenters. The predicted molar refractivity (Wildman–Crippen MR) is 147 cm³/mol. The fraction of sp³-hybridized carbons (Fsp3) is 0.500. The van der Waals surface area contributed by atoms with Crippen LogP contribution < -0.4 is 0 Å². The van der Waals surface area contributed by atoms with E-state index in [2.05, 4.69) is 32.9 Å². The molecule has 1 aromatic carbocycles. The van der Waals surface area contributed by atoms with Gasteiger partial charge in [-0.05, 0) is 82.1 Å². The van der Waals surface area contributed by atoms with Crippen LogP contribution >= 0.6 is 0 Å². The molecule has 0 aliphatic heterocycles. The average molecular weight is 499 g/mol. The fourth-order valence-electron chi connectivity index (χ4n) is 4.77. The molecule has 1 aliphatic carbocycles. The van der Waals surface area contributed by atoms with Crippen LogP contribution in [0.1, 0.15) is 79.2 Å². The normalized spacial score (nSPS) is 17.8. The smallest absolute Gasteiger partial charge is 0.218 e. The van der Waals surface area contributed by atoms with E-state index in [1.807, 2.05) is 64.1 Å². The van der Waals surface area contributed by atoms with Crippen LogP contribution in [0, 0.1) is 5.41 Å². The van der Waals surface area contributed by atoms with Crippen LogP contribution in [0.15, 0.2) is 76.9 Å². The summed E-state index contributed by atoms with van der Waals surface area (Å²) < 4.78 is 36.4. The second kappa shape index (κ2) is 13.8. The second-order valence-corrected chi connectivity index (χ2v) is 10.7. The van der Waals surface area contributed by atoms with Crippen molar-refractivity contribution in [2.24, 2.45) is 5.41 Å². The fourth-order valence-corrected chi connectivity index (χ4v) is 5.51. The lowest BCUT2D eigenvalue weighted by atomic mass is 9.72. The highest BCUT2D eigenvalue weighted by Gasteiger charge is 2.26. The van der Waals surface area contributed by atoms with E-state index in [4.69, 9.17) is 9.47 Å². The SMILES string of the molecule is CCOC(C=C(C)C(C(C=C(C)C=CC1=C(C)CCCC1(C)C)c1ccccc1)=S(=O)=O)OCC. The number of allylic oxidation sites excluding steroid dienone is 7. The molecule has 0 aromatic heterocycles. The van der Waals surface area contributed by atoms with Gasteiger partial charge in [0.05, 0.1) is 4.86 Å². The van der Waals surface area contributed by atoms with Gasteiger partial charge in [-0.1, -0.05) is 73.6 Å². The minimum atomic E-state index is -2.42. The van der Waals surface area contributed by atoms with Gasteiger partial charge in [-0.25, -0.2) is 0 Å².